The third-order valence-corrected chi connectivity index (χ3v) is 5.80. The van der Waals surface area contributed by atoms with E-state index in [1.807, 2.05) is 12.1 Å². The first-order valence-corrected chi connectivity index (χ1v) is 10.7. The molecule has 1 atom stereocenters. The van der Waals surface area contributed by atoms with Gasteiger partial charge in [-0.25, -0.2) is 9.59 Å². The highest BCUT2D eigenvalue weighted by Crippen LogP contribution is 2.39. The molecular weight excluding hydrogens is 392 g/mol. The molecule has 6 nitrogen and oxygen atoms in total. The van der Waals surface area contributed by atoms with Crippen LogP contribution in [0.1, 0.15) is 67.2 Å². The summed E-state index contributed by atoms with van der Waals surface area (Å²) in [5.74, 6) is -0.569. The van der Waals surface area contributed by atoms with Gasteiger partial charge in [0.2, 0.25) is 0 Å². The lowest BCUT2D eigenvalue weighted by molar-refractivity contribution is -0.0749. The first-order chi connectivity index (χ1) is 15.1. The topological polar surface area (TPSA) is 88.4 Å². The molecule has 1 unspecified atom stereocenters. The third-order valence-electron chi connectivity index (χ3n) is 5.80. The number of benzene rings is 2. The van der Waals surface area contributed by atoms with Crippen molar-refractivity contribution in [2.45, 2.75) is 51.2 Å². The second kappa shape index (κ2) is 11.2. The Morgan fingerprint density at radius 2 is 1.61 bits per heavy atom. The van der Waals surface area contributed by atoms with E-state index in [4.69, 9.17) is 14.7 Å². The summed E-state index contributed by atoms with van der Waals surface area (Å²) in [6.45, 7) is 0.446. The summed E-state index contributed by atoms with van der Waals surface area (Å²) >= 11 is 0. The van der Waals surface area contributed by atoms with Gasteiger partial charge in [-0.15, -0.1) is 0 Å². The molecule has 0 heterocycles. The number of amides is 1. The average Bonchev–Trinajstić information content (AvgIpc) is 2.83. The number of rotatable bonds is 8. The zero-order chi connectivity index (χ0) is 21.9. The number of hydrogen-bond acceptors (Lipinski definition) is 5. The number of carbonyl (C=O) groups is 2. The van der Waals surface area contributed by atoms with Crippen molar-refractivity contribution < 1.29 is 19.1 Å². The van der Waals surface area contributed by atoms with E-state index in [-0.39, 0.29) is 5.41 Å². The molecule has 1 aliphatic carbocycles. The lowest BCUT2D eigenvalue weighted by atomic mass is 9.71. The van der Waals surface area contributed by atoms with Crippen LogP contribution in [0.5, 0.6) is 0 Å². The molecule has 162 valence electrons. The second-order valence-corrected chi connectivity index (χ2v) is 7.99. The Labute approximate surface area is 183 Å². The molecule has 0 radical (unpaired) electrons. The SMILES string of the molecule is N#CCCC1(CNC(=O)OC(OC(=O)c2ccccc2)c2ccccc2)CCCCC1. The van der Waals surface area contributed by atoms with Crippen LogP contribution < -0.4 is 5.32 Å². The van der Waals surface area contributed by atoms with Crippen molar-refractivity contribution in [3.8, 4) is 6.07 Å². The van der Waals surface area contributed by atoms with Crippen molar-refractivity contribution in [3.63, 3.8) is 0 Å². The Morgan fingerprint density at radius 1 is 0.968 bits per heavy atom. The van der Waals surface area contributed by atoms with Crippen LogP contribution in [0.15, 0.2) is 60.7 Å². The molecule has 6 heteroatoms. The van der Waals surface area contributed by atoms with Crippen LogP contribution in [-0.2, 0) is 9.47 Å². The second-order valence-electron chi connectivity index (χ2n) is 7.99. The molecule has 0 aromatic heterocycles. The van der Waals surface area contributed by atoms with Crippen LogP contribution in [0.4, 0.5) is 4.79 Å². The molecule has 1 amide bonds. The fourth-order valence-electron chi connectivity index (χ4n) is 4.05. The quantitative estimate of drug-likeness (QED) is 0.448. The predicted octanol–water partition coefficient (Wildman–Crippen LogP) is 5.52. The van der Waals surface area contributed by atoms with Gasteiger partial charge in [-0.05, 0) is 36.8 Å². The lowest BCUT2D eigenvalue weighted by Crippen LogP contribution is -2.39. The Bertz CT molecular complexity index is 887. The molecule has 0 aliphatic heterocycles. The number of alkyl carbamates (subject to hydrolysis) is 1. The Hall–Kier alpha value is -3.33. The minimum Gasteiger partial charge on any atom is -0.417 e. The maximum Gasteiger partial charge on any atom is 0.410 e. The molecule has 1 N–H and O–H groups in total. The van der Waals surface area contributed by atoms with Crippen molar-refractivity contribution in [1.29, 1.82) is 5.26 Å². The van der Waals surface area contributed by atoms with Crippen molar-refractivity contribution in [2.75, 3.05) is 6.54 Å². The summed E-state index contributed by atoms with van der Waals surface area (Å²) in [4.78, 5) is 25.1. The maximum atomic E-state index is 12.6. The number of ether oxygens (including phenoxy) is 2. The number of carbonyl (C=O) groups excluding carboxylic acids is 2. The van der Waals surface area contributed by atoms with E-state index in [0.29, 0.717) is 24.1 Å². The maximum absolute atomic E-state index is 12.6. The van der Waals surface area contributed by atoms with Crippen molar-refractivity contribution >= 4 is 12.1 Å². The third kappa shape index (κ3) is 6.58. The normalized spacial score (nSPS) is 15.8. The van der Waals surface area contributed by atoms with Gasteiger partial charge in [-0.3, -0.25) is 0 Å². The first kappa shape index (κ1) is 22.4. The number of esters is 1. The van der Waals surface area contributed by atoms with Crippen molar-refractivity contribution in [3.05, 3.63) is 71.8 Å². The molecule has 1 saturated carbocycles. The van der Waals surface area contributed by atoms with Gasteiger partial charge in [0.25, 0.3) is 6.29 Å². The smallest absolute Gasteiger partial charge is 0.410 e. The molecule has 2 aromatic carbocycles. The Morgan fingerprint density at radius 3 is 2.26 bits per heavy atom. The fraction of sp³-hybridized carbons (Fsp3) is 0.400. The standard InChI is InChI=1S/C25H28N2O4/c26-18-10-17-25(15-8-3-9-16-25)19-27-24(29)31-23(21-13-6-2-7-14-21)30-22(28)20-11-4-1-5-12-20/h1-2,4-7,11-14,23H,3,8-10,15-17,19H2,(H,27,29). The largest absolute Gasteiger partial charge is 0.417 e. The Kier molecular flexibility index (Phi) is 8.05. The molecule has 0 spiro atoms. The van der Waals surface area contributed by atoms with E-state index >= 15 is 0 Å². The molecule has 3 rings (SSSR count). The summed E-state index contributed by atoms with van der Waals surface area (Å²) in [6.07, 6.45) is 4.79. The van der Waals surface area contributed by atoms with Crippen LogP contribution in [0.2, 0.25) is 0 Å². The van der Waals surface area contributed by atoms with E-state index < -0.39 is 18.4 Å². The van der Waals surface area contributed by atoms with E-state index in [9.17, 15) is 9.59 Å². The highest BCUT2D eigenvalue weighted by atomic mass is 16.7. The van der Waals surface area contributed by atoms with Gasteiger partial charge in [0.05, 0.1) is 11.6 Å². The Balaban J connectivity index is 1.65. The van der Waals surface area contributed by atoms with Crippen LogP contribution in [0, 0.1) is 16.7 Å². The highest BCUT2D eigenvalue weighted by Gasteiger charge is 2.32. The van der Waals surface area contributed by atoms with Crippen LogP contribution in [0.3, 0.4) is 0 Å². The number of hydrogen-bond donors (Lipinski definition) is 1. The summed E-state index contributed by atoms with van der Waals surface area (Å²) in [5.41, 5.74) is 0.875. The summed E-state index contributed by atoms with van der Waals surface area (Å²) in [6, 6.07) is 19.7. The van der Waals surface area contributed by atoms with Gasteiger partial charge in [-0.1, -0.05) is 67.8 Å². The monoisotopic (exact) mass is 420 g/mol. The van der Waals surface area contributed by atoms with Gasteiger partial charge < -0.3 is 14.8 Å². The van der Waals surface area contributed by atoms with E-state index in [2.05, 4.69) is 11.4 Å². The van der Waals surface area contributed by atoms with Gasteiger partial charge >= 0.3 is 12.1 Å². The van der Waals surface area contributed by atoms with Crippen molar-refractivity contribution in [2.24, 2.45) is 5.41 Å². The molecule has 1 aliphatic rings. The highest BCUT2D eigenvalue weighted by molar-refractivity contribution is 5.89. The minimum absolute atomic E-state index is 0.0735. The van der Waals surface area contributed by atoms with E-state index in [1.54, 1.807) is 48.5 Å². The molecule has 1 fully saturated rings. The predicted molar refractivity (Wildman–Crippen MR) is 116 cm³/mol. The summed E-state index contributed by atoms with van der Waals surface area (Å²) in [5, 5.41) is 11.9. The number of nitriles is 1. The molecule has 2 aromatic rings. The van der Waals surface area contributed by atoms with E-state index in [0.717, 1.165) is 32.1 Å². The van der Waals surface area contributed by atoms with Crippen LogP contribution in [-0.4, -0.2) is 18.6 Å². The average molecular weight is 421 g/mol. The van der Waals surface area contributed by atoms with Gasteiger partial charge in [-0.2, -0.15) is 5.26 Å². The summed E-state index contributed by atoms with van der Waals surface area (Å²) < 4.78 is 11.0. The molecule has 0 bridgehead atoms. The van der Waals surface area contributed by atoms with Gasteiger partial charge in [0, 0.05) is 18.5 Å². The lowest BCUT2D eigenvalue weighted by Gasteiger charge is -2.37. The molecular formula is C25H28N2O4. The number of nitrogens with one attached hydrogen (secondary N) is 1. The molecule has 31 heavy (non-hydrogen) atoms. The zero-order valence-electron chi connectivity index (χ0n) is 17.6. The van der Waals surface area contributed by atoms with Crippen LogP contribution >= 0.6 is 0 Å². The van der Waals surface area contributed by atoms with E-state index in [1.165, 1.54) is 6.42 Å². The number of nitrogens with zero attached hydrogens (tertiary/aromatic N) is 1. The first-order valence-electron chi connectivity index (χ1n) is 10.7. The molecule has 0 saturated heterocycles. The summed E-state index contributed by atoms with van der Waals surface area (Å²) in [7, 11) is 0. The zero-order valence-corrected chi connectivity index (χ0v) is 17.6. The fourth-order valence-corrected chi connectivity index (χ4v) is 4.05. The van der Waals surface area contributed by atoms with Gasteiger partial charge in [0.1, 0.15) is 0 Å². The minimum atomic E-state index is -1.16. The van der Waals surface area contributed by atoms with Crippen LogP contribution in [0.25, 0.3) is 0 Å². The van der Waals surface area contributed by atoms with Gasteiger partial charge in [0.15, 0.2) is 0 Å². The van der Waals surface area contributed by atoms with Crippen molar-refractivity contribution in [1.82, 2.24) is 5.32 Å².